The van der Waals surface area contributed by atoms with Crippen molar-refractivity contribution in [2.45, 2.75) is 25.8 Å². The van der Waals surface area contributed by atoms with Crippen molar-refractivity contribution in [3.63, 3.8) is 0 Å². The first-order valence-corrected chi connectivity index (χ1v) is 9.53. The number of benzene rings is 2. The Kier molecular flexibility index (Phi) is 6.20. The third kappa shape index (κ3) is 4.64. The molecule has 1 unspecified atom stereocenters. The molecule has 0 fully saturated rings. The molecule has 1 atom stereocenters. The third-order valence-corrected chi connectivity index (χ3v) is 5.06. The van der Waals surface area contributed by atoms with E-state index < -0.39 is 5.37 Å². The smallest absolute Gasteiger partial charge is 0.241 e. The number of amides is 2. The Balaban J connectivity index is 1.79. The minimum absolute atomic E-state index is 0.221. The van der Waals surface area contributed by atoms with Crippen LogP contribution in [0.5, 0.6) is 11.5 Å². The number of hydrogen-bond donors (Lipinski definition) is 1. The molecule has 0 bridgehead atoms. The molecule has 1 aliphatic heterocycles. The minimum Gasteiger partial charge on any atom is -0.493 e. The lowest BCUT2D eigenvalue weighted by molar-refractivity contribution is -0.129. The van der Waals surface area contributed by atoms with E-state index in [9.17, 15) is 9.59 Å². The van der Waals surface area contributed by atoms with Crippen molar-refractivity contribution >= 4 is 28.7 Å². The summed E-state index contributed by atoms with van der Waals surface area (Å²) in [6.07, 6.45) is 0. The second-order valence-electron chi connectivity index (χ2n) is 6.10. The molecule has 0 aromatic heterocycles. The number of carbonyl (C=O) groups is 2. The van der Waals surface area contributed by atoms with Crippen LogP contribution in [-0.2, 0) is 16.2 Å². The van der Waals surface area contributed by atoms with Crippen LogP contribution in [0.15, 0.2) is 53.6 Å². The molecule has 0 saturated heterocycles. The monoisotopic (exact) mass is 399 g/mol. The van der Waals surface area contributed by atoms with Crippen molar-refractivity contribution in [3.8, 4) is 11.5 Å². The lowest BCUT2D eigenvalue weighted by Gasteiger charge is -2.20. The molecule has 146 valence electrons. The summed E-state index contributed by atoms with van der Waals surface area (Å²) in [6.45, 7) is 3.25. The normalized spacial score (nSPS) is 15.8. The molecule has 3 rings (SSSR count). The number of hydrogen-bond acceptors (Lipinski definition) is 6. The van der Waals surface area contributed by atoms with Crippen LogP contribution in [0.4, 0.5) is 0 Å². The number of methoxy groups -OCH3 is 1. The van der Waals surface area contributed by atoms with Crippen LogP contribution in [0.2, 0.25) is 0 Å². The predicted molar refractivity (Wildman–Crippen MR) is 108 cm³/mol. The summed E-state index contributed by atoms with van der Waals surface area (Å²) in [5.41, 5.74) is 1.87. The molecule has 28 heavy (non-hydrogen) atoms. The van der Waals surface area contributed by atoms with Crippen molar-refractivity contribution in [1.29, 1.82) is 0 Å². The molecule has 1 heterocycles. The maximum Gasteiger partial charge on any atom is 0.241 e. The summed E-state index contributed by atoms with van der Waals surface area (Å²) in [6, 6.07) is 15.3. The van der Waals surface area contributed by atoms with Crippen LogP contribution < -0.4 is 14.8 Å². The van der Waals surface area contributed by atoms with Gasteiger partial charge in [-0.15, -0.1) is 5.10 Å². The molecule has 8 heteroatoms. The molecule has 2 amide bonds. The van der Waals surface area contributed by atoms with Crippen LogP contribution >= 0.6 is 11.8 Å². The lowest BCUT2D eigenvalue weighted by atomic mass is 10.2. The minimum atomic E-state index is -0.392. The SMILES string of the molecule is COc1cc(C2SC(NC(C)=O)=NN2C(C)=O)ccc1OCc1ccccc1. The van der Waals surface area contributed by atoms with E-state index in [2.05, 4.69) is 10.4 Å². The number of nitrogens with one attached hydrogen (secondary N) is 1. The van der Waals surface area contributed by atoms with Crippen LogP contribution in [-0.4, -0.2) is 29.1 Å². The van der Waals surface area contributed by atoms with Gasteiger partial charge in [0.15, 0.2) is 16.7 Å². The fraction of sp³-hybridized carbons (Fsp3) is 0.250. The zero-order valence-corrected chi connectivity index (χ0v) is 16.7. The predicted octanol–water partition coefficient (Wildman–Crippen LogP) is 3.28. The average Bonchev–Trinajstić information content (AvgIpc) is 3.10. The maximum absolute atomic E-state index is 12.0. The molecular weight excluding hydrogens is 378 g/mol. The van der Waals surface area contributed by atoms with Gasteiger partial charge >= 0.3 is 0 Å². The van der Waals surface area contributed by atoms with Gasteiger partial charge in [-0.2, -0.15) is 0 Å². The van der Waals surface area contributed by atoms with E-state index >= 15 is 0 Å². The Labute approximate surface area is 167 Å². The van der Waals surface area contributed by atoms with Gasteiger partial charge in [0.05, 0.1) is 7.11 Å². The molecule has 0 spiro atoms. The Morgan fingerprint density at radius 1 is 1.14 bits per heavy atom. The highest BCUT2D eigenvalue weighted by Gasteiger charge is 2.32. The fourth-order valence-corrected chi connectivity index (χ4v) is 3.80. The largest absolute Gasteiger partial charge is 0.493 e. The van der Waals surface area contributed by atoms with Crippen molar-refractivity contribution in [2.24, 2.45) is 5.10 Å². The number of amidine groups is 1. The first kappa shape index (κ1) is 19.8. The highest BCUT2D eigenvalue weighted by Crippen LogP contribution is 2.41. The quantitative estimate of drug-likeness (QED) is 0.835. The van der Waals surface area contributed by atoms with E-state index in [-0.39, 0.29) is 11.8 Å². The van der Waals surface area contributed by atoms with E-state index in [1.807, 2.05) is 48.5 Å². The number of thioether (sulfide) groups is 1. The van der Waals surface area contributed by atoms with E-state index in [0.717, 1.165) is 11.1 Å². The van der Waals surface area contributed by atoms with E-state index in [1.165, 1.54) is 30.6 Å². The molecule has 2 aromatic carbocycles. The molecule has 1 aliphatic rings. The first-order valence-electron chi connectivity index (χ1n) is 8.65. The summed E-state index contributed by atoms with van der Waals surface area (Å²) in [5, 5.41) is 8.16. The van der Waals surface area contributed by atoms with E-state index in [0.29, 0.717) is 23.3 Å². The highest BCUT2D eigenvalue weighted by molar-refractivity contribution is 8.14. The number of hydrazone groups is 1. The Morgan fingerprint density at radius 3 is 2.54 bits per heavy atom. The Morgan fingerprint density at radius 2 is 1.89 bits per heavy atom. The molecule has 0 saturated carbocycles. The van der Waals surface area contributed by atoms with Crippen molar-refractivity contribution in [1.82, 2.24) is 10.3 Å². The summed E-state index contributed by atoms with van der Waals surface area (Å²) in [5.74, 6) is 0.708. The van der Waals surface area contributed by atoms with Crippen LogP contribution in [0.25, 0.3) is 0 Å². The summed E-state index contributed by atoms with van der Waals surface area (Å²) in [4.78, 5) is 23.3. The third-order valence-electron chi connectivity index (χ3n) is 3.96. The van der Waals surface area contributed by atoms with Crippen LogP contribution in [0.1, 0.15) is 30.3 Å². The van der Waals surface area contributed by atoms with Gasteiger partial charge < -0.3 is 14.8 Å². The van der Waals surface area contributed by atoms with Gasteiger partial charge in [0, 0.05) is 13.8 Å². The van der Waals surface area contributed by atoms with E-state index in [1.54, 1.807) is 7.11 Å². The average molecular weight is 399 g/mol. The van der Waals surface area contributed by atoms with Crippen molar-refractivity contribution in [2.75, 3.05) is 7.11 Å². The van der Waals surface area contributed by atoms with Crippen LogP contribution in [0, 0.1) is 0 Å². The molecular formula is C20H21N3O4S. The van der Waals surface area contributed by atoms with Gasteiger partial charge in [-0.1, -0.05) is 48.2 Å². The molecule has 0 radical (unpaired) electrons. The Hall–Kier alpha value is -3.00. The van der Waals surface area contributed by atoms with Crippen LogP contribution in [0.3, 0.4) is 0 Å². The van der Waals surface area contributed by atoms with Gasteiger partial charge in [-0.25, -0.2) is 5.01 Å². The lowest BCUT2D eigenvalue weighted by Crippen LogP contribution is -2.25. The maximum atomic E-state index is 12.0. The summed E-state index contributed by atoms with van der Waals surface area (Å²) < 4.78 is 11.4. The molecule has 7 nitrogen and oxygen atoms in total. The van der Waals surface area contributed by atoms with Gasteiger partial charge in [0.2, 0.25) is 11.8 Å². The topological polar surface area (TPSA) is 80.2 Å². The summed E-state index contributed by atoms with van der Waals surface area (Å²) in [7, 11) is 1.57. The van der Waals surface area contributed by atoms with Gasteiger partial charge in [-0.3, -0.25) is 9.59 Å². The second-order valence-corrected chi connectivity index (χ2v) is 7.17. The number of nitrogens with zero attached hydrogens (tertiary/aromatic N) is 2. The van der Waals surface area contributed by atoms with Gasteiger partial charge in [0.25, 0.3) is 0 Å². The summed E-state index contributed by atoms with van der Waals surface area (Å²) >= 11 is 1.29. The van der Waals surface area contributed by atoms with Crippen molar-refractivity contribution in [3.05, 3.63) is 59.7 Å². The number of ether oxygens (including phenoxy) is 2. The zero-order chi connectivity index (χ0) is 20.1. The van der Waals surface area contributed by atoms with E-state index in [4.69, 9.17) is 9.47 Å². The van der Waals surface area contributed by atoms with Gasteiger partial charge in [0.1, 0.15) is 12.0 Å². The standard InChI is InChI=1S/C20H21N3O4S/c1-13(24)21-20-22-23(14(2)25)19(28-20)16-9-10-17(18(11-16)26-3)27-12-15-7-5-4-6-8-15/h4-11,19H,12H2,1-3H3,(H,21,22,24). The Bertz CT molecular complexity index is 902. The number of carbonyl (C=O) groups excluding carboxylic acids is 2. The number of rotatable bonds is 5. The first-order chi connectivity index (χ1) is 13.5. The molecule has 1 N–H and O–H groups in total. The zero-order valence-electron chi connectivity index (χ0n) is 15.8. The van der Waals surface area contributed by atoms with Gasteiger partial charge in [-0.05, 0) is 23.3 Å². The molecule has 0 aliphatic carbocycles. The molecule has 2 aromatic rings. The second kappa shape index (κ2) is 8.79. The fourth-order valence-electron chi connectivity index (χ4n) is 2.67. The van der Waals surface area contributed by atoms with Crippen molar-refractivity contribution < 1.29 is 19.1 Å². The highest BCUT2D eigenvalue weighted by atomic mass is 32.2.